The largest absolute Gasteiger partial charge is 0.392 e. The van der Waals surface area contributed by atoms with E-state index in [-0.39, 0.29) is 24.3 Å². The smallest absolute Gasteiger partial charge is 0.194 e. The lowest BCUT2D eigenvalue weighted by molar-refractivity contribution is -0.163. The van der Waals surface area contributed by atoms with Gasteiger partial charge in [-0.15, -0.1) is 0 Å². The fourth-order valence-corrected chi connectivity index (χ4v) is 5.88. The molecule has 0 amide bonds. The van der Waals surface area contributed by atoms with Crippen LogP contribution in [-0.2, 0) is 9.47 Å². The van der Waals surface area contributed by atoms with Crippen LogP contribution in [0.5, 0.6) is 0 Å². The van der Waals surface area contributed by atoms with Crippen molar-refractivity contribution in [2.24, 2.45) is 0 Å². The first-order valence-electron chi connectivity index (χ1n) is 11.1. The molecule has 0 aliphatic carbocycles. The van der Waals surface area contributed by atoms with E-state index in [0.717, 1.165) is 29.5 Å². The van der Waals surface area contributed by atoms with E-state index in [9.17, 15) is 28.6 Å². The third kappa shape index (κ3) is 4.38. The minimum absolute atomic E-state index is 0.00989. The van der Waals surface area contributed by atoms with Crippen molar-refractivity contribution >= 4 is 11.8 Å². The van der Waals surface area contributed by atoms with Crippen molar-refractivity contribution in [2.75, 3.05) is 13.2 Å². The second kappa shape index (κ2) is 9.49. The molecular weight excluding hydrogens is 497 g/mol. The molecule has 2 aliphatic rings. The number of ether oxygens (including phenoxy) is 2. The Hall–Kier alpha value is -2.95. The van der Waals surface area contributed by atoms with Crippen molar-refractivity contribution in [3.63, 3.8) is 0 Å². The number of fused-ring (bicyclic) bond motifs is 1. The van der Waals surface area contributed by atoms with E-state index in [1.807, 2.05) is 13.0 Å². The summed E-state index contributed by atoms with van der Waals surface area (Å²) in [7, 11) is 0. The molecule has 12 heteroatoms. The van der Waals surface area contributed by atoms with Gasteiger partial charge in [-0.2, -0.15) is 10.4 Å². The van der Waals surface area contributed by atoms with Gasteiger partial charge in [-0.3, -0.25) is 4.68 Å². The summed E-state index contributed by atoms with van der Waals surface area (Å²) in [5.41, 5.74) is 1.42. The Morgan fingerprint density at radius 3 is 2.64 bits per heavy atom. The Labute approximate surface area is 208 Å². The van der Waals surface area contributed by atoms with Crippen LogP contribution in [0, 0.1) is 35.7 Å². The van der Waals surface area contributed by atoms with E-state index in [4.69, 9.17) is 9.47 Å². The number of nitriles is 1. The molecule has 36 heavy (non-hydrogen) atoms. The lowest BCUT2D eigenvalue weighted by Crippen LogP contribution is -2.53. The number of aryl methyl sites for hydroxylation is 1. The van der Waals surface area contributed by atoms with E-state index < -0.39 is 53.3 Å². The number of thioether (sulfide) groups is 1. The molecule has 4 unspecified atom stereocenters. The molecule has 188 valence electrons. The van der Waals surface area contributed by atoms with Crippen LogP contribution >= 0.6 is 11.8 Å². The van der Waals surface area contributed by atoms with E-state index in [2.05, 4.69) is 10.1 Å². The lowest BCUT2D eigenvalue weighted by atomic mass is 9.94. The molecular formula is C24H21F3N4O4S. The number of benzene rings is 1. The Bertz CT molecular complexity index is 1330. The van der Waals surface area contributed by atoms with Crippen LogP contribution in [0.2, 0.25) is 0 Å². The van der Waals surface area contributed by atoms with E-state index in [1.54, 1.807) is 12.3 Å². The molecule has 2 fully saturated rings. The maximum absolute atomic E-state index is 13.8. The lowest BCUT2D eigenvalue weighted by Gasteiger charge is -2.45. The highest BCUT2D eigenvalue weighted by atomic mass is 32.2. The molecule has 0 radical (unpaired) electrons. The van der Waals surface area contributed by atoms with Crippen molar-refractivity contribution in [1.82, 2.24) is 14.8 Å². The third-order valence-electron chi connectivity index (χ3n) is 6.30. The number of hydrogen-bond acceptors (Lipinski definition) is 8. The summed E-state index contributed by atoms with van der Waals surface area (Å²) in [6, 6.07) is 5.02. The van der Waals surface area contributed by atoms with Gasteiger partial charge in [-0.25, -0.2) is 18.2 Å². The predicted molar refractivity (Wildman–Crippen MR) is 121 cm³/mol. The summed E-state index contributed by atoms with van der Waals surface area (Å²) in [5, 5.41) is 34.8. The Kier molecular flexibility index (Phi) is 6.52. The molecule has 5 rings (SSSR count). The van der Waals surface area contributed by atoms with Crippen molar-refractivity contribution in [1.29, 1.82) is 5.26 Å². The maximum atomic E-state index is 13.8. The van der Waals surface area contributed by atoms with E-state index in [0.29, 0.717) is 10.5 Å². The van der Waals surface area contributed by atoms with Crippen LogP contribution in [0.3, 0.4) is 0 Å². The van der Waals surface area contributed by atoms with Crippen LogP contribution in [0.1, 0.15) is 23.7 Å². The van der Waals surface area contributed by atoms with Gasteiger partial charge in [0.05, 0.1) is 25.5 Å². The third-order valence-corrected chi connectivity index (χ3v) is 7.60. The van der Waals surface area contributed by atoms with Gasteiger partial charge < -0.3 is 19.7 Å². The Morgan fingerprint density at radius 2 is 1.94 bits per heavy atom. The highest BCUT2D eigenvalue weighted by Gasteiger charge is 2.54. The van der Waals surface area contributed by atoms with Crippen LogP contribution in [-0.4, -0.2) is 61.4 Å². The number of aromatic nitrogens is 3. The van der Waals surface area contributed by atoms with Crippen molar-refractivity contribution in [3.05, 3.63) is 65.5 Å². The first-order chi connectivity index (χ1) is 17.2. The zero-order valence-electron chi connectivity index (χ0n) is 18.9. The Balaban J connectivity index is 1.51. The van der Waals surface area contributed by atoms with Crippen molar-refractivity contribution < 1.29 is 32.9 Å². The topological polar surface area (TPSA) is 113 Å². The van der Waals surface area contributed by atoms with Crippen LogP contribution in [0.15, 0.2) is 41.7 Å². The summed E-state index contributed by atoms with van der Waals surface area (Å²) in [4.78, 5) is 3.38. The fourth-order valence-electron chi connectivity index (χ4n) is 4.56. The monoisotopic (exact) mass is 518 g/mol. The second-order valence-corrected chi connectivity index (χ2v) is 10.2. The first-order valence-corrected chi connectivity index (χ1v) is 11.9. The molecule has 0 spiro atoms. The molecule has 1 aromatic carbocycles. The minimum Gasteiger partial charge on any atom is -0.392 e. The van der Waals surface area contributed by atoms with Gasteiger partial charge >= 0.3 is 0 Å². The fraction of sp³-hybridized carbons (Fsp3) is 0.375. The number of aliphatic hydroxyl groups excluding tert-OH is 2. The molecule has 2 aromatic heterocycles. The van der Waals surface area contributed by atoms with E-state index in [1.165, 1.54) is 17.1 Å². The molecule has 2 saturated heterocycles. The molecule has 8 nitrogen and oxygen atoms in total. The standard InChI is InChI=1S/C24H21F3N4O4S/c1-12-2-20(17(6-28)29-7-12)36-24(11-32)5-18(22-23(35-24)19(33)10-34-22)31-9-14(8-30-31)13-3-15(25)21(27)16(26)4-13/h2-4,7-9,18-19,22-23,32-33H,5,10-11H2,1H3/t18?,19?,22-,23?,24?/m1/s1. The second-order valence-electron chi connectivity index (χ2n) is 8.82. The van der Waals surface area contributed by atoms with Crippen LogP contribution in [0.4, 0.5) is 13.2 Å². The van der Waals surface area contributed by atoms with Gasteiger partial charge in [0.15, 0.2) is 23.1 Å². The minimum atomic E-state index is -1.56. The number of aliphatic hydroxyl groups is 2. The van der Waals surface area contributed by atoms with Gasteiger partial charge in [0.25, 0.3) is 0 Å². The van der Waals surface area contributed by atoms with Gasteiger partial charge in [-0.05, 0) is 36.2 Å². The van der Waals surface area contributed by atoms with Gasteiger partial charge in [0.1, 0.15) is 29.3 Å². The highest BCUT2D eigenvalue weighted by Crippen LogP contribution is 2.49. The van der Waals surface area contributed by atoms with Gasteiger partial charge in [0, 0.05) is 29.3 Å². The number of rotatable bonds is 5. The summed E-state index contributed by atoms with van der Waals surface area (Å²) < 4.78 is 54.5. The molecule has 3 aromatic rings. The average Bonchev–Trinajstić information content (AvgIpc) is 3.49. The quantitative estimate of drug-likeness (QED) is 0.496. The number of hydrogen-bond donors (Lipinski definition) is 2. The normalized spacial score (nSPS) is 27.6. The molecule has 2 N–H and O–H groups in total. The number of halogens is 3. The van der Waals surface area contributed by atoms with E-state index >= 15 is 0 Å². The molecule has 0 saturated carbocycles. The Morgan fingerprint density at radius 1 is 1.19 bits per heavy atom. The number of pyridine rings is 1. The van der Waals surface area contributed by atoms with Crippen LogP contribution < -0.4 is 0 Å². The molecule has 2 aliphatic heterocycles. The molecule has 5 atom stereocenters. The van der Waals surface area contributed by atoms with Gasteiger partial charge in [0.2, 0.25) is 0 Å². The van der Waals surface area contributed by atoms with Crippen molar-refractivity contribution in [3.8, 4) is 17.2 Å². The SMILES string of the molecule is Cc1cnc(C#N)c(SC2(CO)CC(n3cc(-c4cc(F)c(F)c(F)c4)cn3)[C@H]3OCC(O)C3O2)c1. The summed E-state index contributed by atoms with van der Waals surface area (Å²) in [6.45, 7) is 1.38. The zero-order chi connectivity index (χ0) is 25.6. The number of nitrogens with zero attached hydrogens (tertiary/aromatic N) is 4. The average molecular weight is 519 g/mol. The maximum Gasteiger partial charge on any atom is 0.194 e. The first kappa shape index (κ1) is 24.7. The zero-order valence-corrected chi connectivity index (χ0v) is 19.8. The predicted octanol–water partition coefficient (Wildman–Crippen LogP) is 3.11. The molecule has 0 bridgehead atoms. The summed E-state index contributed by atoms with van der Waals surface area (Å²) in [5.74, 6) is -4.19. The summed E-state index contributed by atoms with van der Waals surface area (Å²) >= 11 is 1.13. The molecule has 4 heterocycles. The summed E-state index contributed by atoms with van der Waals surface area (Å²) in [6.07, 6.45) is 2.25. The van der Waals surface area contributed by atoms with Crippen LogP contribution in [0.25, 0.3) is 11.1 Å². The van der Waals surface area contributed by atoms with Crippen molar-refractivity contribution in [2.45, 2.75) is 47.5 Å². The highest BCUT2D eigenvalue weighted by molar-refractivity contribution is 8.00. The van der Waals surface area contributed by atoms with Gasteiger partial charge in [-0.1, -0.05) is 11.8 Å².